The molecule has 1 aromatic heterocycles. The van der Waals surface area contributed by atoms with Crippen molar-refractivity contribution in [1.29, 1.82) is 0 Å². The smallest absolute Gasteiger partial charge is 0.217 e. The molecule has 0 unspecified atom stereocenters. The minimum Gasteiger partial charge on any atom is -0.481 e. The zero-order valence-electron chi connectivity index (χ0n) is 14.1. The largest absolute Gasteiger partial charge is 0.481 e. The van der Waals surface area contributed by atoms with Crippen LogP contribution in [0.4, 0.5) is 4.39 Å². The Hall–Kier alpha value is -1.98. The SMILES string of the molecule is COc1ncccc1CN(C)[C@@H]1CCO[C@H](c2ccc(F)cc2)C1. The molecule has 24 heavy (non-hydrogen) atoms. The second kappa shape index (κ2) is 7.73. The summed E-state index contributed by atoms with van der Waals surface area (Å²) in [5, 5.41) is 0. The first-order valence-electron chi connectivity index (χ1n) is 8.22. The van der Waals surface area contributed by atoms with Crippen LogP contribution in [0.1, 0.15) is 30.1 Å². The third kappa shape index (κ3) is 3.91. The lowest BCUT2D eigenvalue weighted by Crippen LogP contribution is -2.37. The minimum absolute atomic E-state index is 0.0163. The van der Waals surface area contributed by atoms with Crippen LogP contribution >= 0.6 is 0 Å². The van der Waals surface area contributed by atoms with Crippen LogP contribution in [-0.2, 0) is 11.3 Å². The molecule has 0 aliphatic carbocycles. The van der Waals surface area contributed by atoms with Gasteiger partial charge >= 0.3 is 0 Å². The topological polar surface area (TPSA) is 34.6 Å². The van der Waals surface area contributed by atoms with E-state index in [-0.39, 0.29) is 11.9 Å². The molecule has 2 aromatic rings. The fraction of sp³-hybridized carbons (Fsp3) is 0.421. The van der Waals surface area contributed by atoms with Crippen molar-refractivity contribution in [3.8, 4) is 5.88 Å². The number of benzene rings is 1. The Labute approximate surface area is 142 Å². The highest BCUT2D eigenvalue weighted by Gasteiger charge is 2.27. The first-order chi connectivity index (χ1) is 11.7. The summed E-state index contributed by atoms with van der Waals surface area (Å²) in [6, 6.07) is 11.0. The van der Waals surface area contributed by atoms with Crippen molar-refractivity contribution in [2.45, 2.75) is 31.5 Å². The van der Waals surface area contributed by atoms with Gasteiger partial charge in [-0.2, -0.15) is 0 Å². The van der Waals surface area contributed by atoms with Crippen LogP contribution in [0.25, 0.3) is 0 Å². The van der Waals surface area contributed by atoms with E-state index in [1.54, 1.807) is 13.3 Å². The minimum atomic E-state index is -0.216. The van der Waals surface area contributed by atoms with Crippen LogP contribution in [0, 0.1) is 5.82 Å². The van der Waals surface area contributed by atoms with Crippen molar-refractivity contribution < 1.29 is 13.9 Å². The van der Waals surface area contributed by atoms with Gasteiger partial charge in [0.25, 0.3) is 0 Å². The van der Waals surface area contributed by atoms with E-state index in [1.165, 1.54) is 12.1 Å². The second-order valence-electron chi connectivity index (χ2n) is 6.18. The highest BCUT2D eigenvalue weighted by molar-refractivity contribution is 5.25. The second-order valence-corrected chi connectivity index (χ2v) is 6.18. The normalized spacial score (nSPS) is 21.0. The number of aromatic nitrogens is 1. The summed E-state index contributed by atoms with van der Waals surface area (Å²) in [7, 11) is 3.76. The maximum absolute atomic E-state index is 13.1. The van der Waals surface area contributed by atoms with Crippen molar-refractivity contribution in [1.82, 2.24) is 9.88 Å². The zero-order valence-corrected chi connectivity index (χ0v) is 14.1. The molecule has 1 fully saturated rings. The number of rotatable bonds is 5. The van der Waals surface area contributed by atoms with Gasteiger partial charge < -0.3 is 9.47 Å². The van der Waals surface area contributed by atoms with Gasteiger partial charge in [0.1, 0.15) is 5.82 Å². The summed E-state index contributed by atoms with van der Waals surface area (Å²) >= 11 is 0. The fourth-order valence-corrected chi connectivity index (χ4v) is 3.22. The summed E-state index contributed by atoms with van der Waals surface area (Å²) < 4.78 is 24.3. The van der Waals surface area contributed by atoms with Crippen molar-refractivity contribution in [3.05, 3.63) is 59.5 Å². The van der Waals surface area contributed by atoms with Crippen molar-refractivity contribution in [2.75, 3.05) is 20.8 Å². The monoisotopic (exact) mass is 330 g/mol. The lowest BCUT2D eigenvalue weighted by molar-refractivity contribution is -0.0250. The van der Waals surface area contributed by atoms with E-state index in [0.717, 1.165) is 30.5 Å². The number of hydrogen-bond acceptors (Lipinski definition) is 4. The molecule has 0 N–H and O–H groups in total. The summed E-state index contributed by atoms with van der Waals surface area (Å²) in [6.45, 7) is 1.49. The summed E-state index contributed by atoms with van der Waals surface area (Å²) in [5.74, 6) is 0.457. The summed E-state index contributed by atoms with van der Waals surface area (Å²) in [6.07, 6.45) is 3.63. The Morgan fingerprint density at radius 2 is 2.08 bits per heavy atom. The molecule has 0 radical (unpaired) electrons. The van der Waals surface area contributed by atoms with Gasteiger partial charge in [-0.05, 0) is 43.7 Å². The molecule has 0 bridgehead atoms. The molecular formula is C19H23FN2O2. The fourth-order valence-electron chi connectivity index (χ4n) is 3.22. The average molecular weight is 330 g/mol. The van der Waals surface area contributed by atoms with E-state index in [0.29, 0.717) is 18.5 Å². The molecule has 1 aliphatic rings. The first-order valence-corrected chi connectivity index (χ1v) is 8.22. The van der Waals surface area contributed by atoms with Gasteiger partial charge in [-0.25, -0.2) is 9.37 Å². The van der Waals surface area contributed by atoms with Crippen LogP contribution in [0.2, 0.25) is 0 Å². The molecule has 0 amide bonds. The quantitative estimate of drug-likeness (QED) is 0.839. The third-order valence-electron chi connectivity index (χ3n) is 4.58. The zero-order chi connectivity index (χ0) is 16.9. The van der Waals surface area contributed by atoms with Gasteiger partial charge in [0.15, 0.2) is 0 Å². The molecule has 0 saturated carbocycles. The predicted octanol–water partition coefficient (Wildman–Crippen LogP) is 3.58. The molecule has 128 valence electrons. The lowest BCUT2D eigenvalue weighted by Gasteiger charge is -2.35. The van der Waals surface area contributed by atoms with E-state index < -0.39 is 0 Å². The van der Waals surface area contributed by atoms with E-state index >= 15 is 0 Å². The van der Waals surface area contributed by atoms with Crippen LogP contribution in [0.3, 0.4) is 0 Å². The third-order valence-corrected chi connectivity index (χ3v) is 4.58. The number of methoxy groups -OCH3 is 1. The van der Waals surface area contributed by atoms with Gasteiger partial charge in [0.05, 0.1) is 13.2 Å². The van der Waals surface area contributed by atoms with Gasteiger partial charge in [-0.1, -0.05) is 18.2 Å². The Morgan fingerprint density at radius 3 is 2.83 bits per heavy atom. The van der Waals surface area contributed by atoms with Crippen LogP contribution < -0.4 is 4.74 Å². The van der Waals surface area contributed by atoms with Gasteiger partial charge in [0.2, 0.25) is 5.88 Å². The van der Waals surface area contributed by atoms with Crippen LogP contribution in [0.5, 0.6) is 5.88 Å². The molecule has 1 aromatic carbocycles. The molecule has 3 rings (SSSR count). The highest BCUT2D eigenvalue weighted by atomic mass is 19.1. The molecule has 2 heterocycles. The molecular weight excluding hydrogens is 307 g/mol. The van der Waals surface area contributed by atoms with E-state index in [9.17, 15) is 4.39 Å². The number of ether oxygens (including phenoxy) is 2. The molecule has 5 heteroatoms. The molecule has 0 spiro atoms. The molecule has 4 nitrogen and oxygen atoms in total. The average Bonchev–Trinajstić information content (AvgIpc) is 2.63. The maximum Gasteiger partial charge on any atom is 0.217 e. The van der Waals surface area contributed by atoms with Gasteiger partial charge in [0, 0.05) is 31.0 Å². The Kier molecular flexibility index (Phi) is 5.43. The van der Waals surface area contributed by atoms with E-state index in [1.807, 2.05) is 24.3 Å². The predicted molar refractivity (Wildman–Crippen MR) is 90.4 cm³/mol. The molecule has 1 aliphatic heterocycles. The first kappa shape index (κ1) is 16.9. The number of pyridine rings is 1. The Balaban J connectivity index is 1.66. The van der Waals surface area contributed by atoms with Crippen LogP contribution in [0.15, 0.2) is 42.6 Å². The Bertz CT molecular complexity index is 663. The van der Waals surface area contributed by atoms with Crippen molar-refractivity contribution >= 4 is 0 Å². The molecule has 1 saturated heterocycles. The van der Waals surface area contributed by atoms with Crippen molar-refractivity contribution in [2.24, 2.45) is 0 Å². The van der Waals surface area contributed by atoms with Crippen LogP contribution in [-0.4, -0.2) is 36.7 Å². The van der Waals surface area contributed by atoms with Gasteiger partial charge in [-0.3, -0.25) is 4.90 Å². The number of halogens is 1. The van der Waals surface area contributed by atoms with Gasteiger partial charge in [-0.15, -0.1) is 0 Å². The maximum atomic E-state index is 13.1. The summed E-state index contributed by atoms with van der Waals surface area (Å²) in [4.78, 5) is 6.58. The highest BCUT2D eigenvalue weighted by Crippen LogP contribution is 2.31. The number of nitrogens with zero attached hydrogens (tertiary/aromatic N) is 2. The lowest BCUT2D eigenvalue weighted by atomic mass is 9.96. The standard InChI is InChI=1S/C19H23FN2O2/c1-22(13-15-4-3-10-21-19(15)23-2)17-9-11-24-18(12-17)14-5-7-16(20)8-6-14/h3-8,10,17-18H,9,11-13H2,1-2H3/t17-,18+/m1/s1. The Morgan fingerprint density at radius 1 is 1.29 bits per heavy atom. The summed E-state index contributed by atoms with van der Waals surface area (Å²) in [5.41, 5.74) is 2.11. The number of hydrogen-bond donors (Lipinski definition) is 0. The van der Waals surface area contributed by atoms with Crippen molar-refractivity contribution in [3.63, 3.8) is 0 Å². The molecule has 2 atom stereocenters. The van der Waals surface area contributed by atoms with E-state index in [2.05, 4.69) is 16.9 Å². The van der Waals surface area contributed by atoms with E-state index in [4.69, 9.17) is 9.47 Å².